The number of carbonyl (C=O) groups is 3. The lowest BCUT2D eigenvalue weighted by Crippen LogP contribution is -2.35. The Labute approximate surface area is 247 Å². The second-order valence-electron chi connectivity index (χ2n) is 9.85. The Morgan fingerprint density at radius 1 is 1.14 bits per heavy atom. The molecule has 9 nitrogen and oxygen atoms in total. The Kier molecular flexibility index (Phi) is 12.5. The monoisotopic (exact) mass is 579 g/mol. The Hall–Kier alpha value is -4.47. The van der Waals surface area contributed by atoms with Crippen molar-refractivity contribution in [3.05, 3.63) is 80.9 Å². The van der Waals surface area contributed by atoms with E-state index in [1.54, 1.807) is 44.0 Å². The number of nitrogens with one attached hydrogen (secondary N) is 1. The summed E-state index contributed by atoms with van der Waals surface area (Å²) in [6, 6.07) is 12.3. The van der Waals surface area contributed by atoms with Crippen molar-refractivity contribution >= 4 is 41.6 Å². The van der Waals surface area contributed by atoms with Crippen molar-refractivity contribution in [2.45, 2.75) is 66.3 Å². The molecule has 0 bridgehead atoms. The van der Waals surface area contributed by atoms with Gasteiger partial charge in [-0.25, -0.2) is 4.39 Å². The van der Waals surface area contributed by atoms with Crippen LogP contribution >= 0.6 is 0 Å². The molecule has 3 aromatic rings. The van der Waals surface area contributed by atoms with Gasteiger partial charge in [0.15, 0.2) is 0 Å². The minimum atomic E-state index is -0.511. The van der Waals surface area contributed by atoms with E-state index in [4.69, 9.17) is 4.79 Å². The second-order valence-corrected chi connectivity index (χ2v) is 9.85. The van der Waals surface area contributed by atoms with Gasteiger partial charge in [0.25, 0.3) is 11.5 Å². The fraction of sp³-hybridized carbons (Fsp3) is 0.375. The lowest BCUT2D eigenvalue weighted by molar-refractivity contribution is -0.107. The van der Waals surface area contributed by atoms with E-state index in [1.807, 2.05) is 32.0 Å². The first-order chi connectivity index (χ1) is 20.1. The summed E-state index contributed by atoms with van der Waals surface area (Å²) in [6.07, 6.45) is 4.40. The molecule has 0 unspecified atom stereocenters. The molecule has 0 aliphatic heterocycles. The van der Waals surface area contributed by atoms with Crippen LogP contribution in [0.3, 0.4) is 0 Å². The lowest BCUT2D eigenvalue weighted by atomic mass is 10.0. The van der Waals surface area contributed by atoms with Gasteiger partial charge < -0.3 is 16.0 Å². The van der Waals surface area contributed by atoms with Gasteiger partial charge in [0.1, 0.15) is 17.2 Å². The highest BCUT2D eigenvalue weighted by Crippen LogP contribution is 2.38. The number of pyridine rings is 1. The smallest absolute Gasteiger partial charge is 0.259 e. The van der Waals surface area contributed by atoms with Crippen molar-refractivity contribution in [1.29, 1.82) is 0 Å². The summed E-state index contributed by atoms with van der Waals surface area (Å²) in [5, 5.41) is 3.00. The maximum absolute atomic E-state index is 14.9. The van der Waals surface area contributed by atoms with E-state index >= 15 is 0 Å². The Balaban J connectivity index is 0.00000116. The maximum atomic E-state index is 14.9. The molecule has 4 rings (SSSR count). The van der Waals surface area contributed by atoms with Crippen LogP contribution in [0.2, 0.25) is 0 Å². The molecule has 0 atom stereocenters. The van der Waals surface area contributed by atoms with Crippen LogP contribution in [-0.4, -0.2) is 41.3 Å². The van der Waals surface area contributed by atoms with Gasteiger partial charge in [-0.05, 0) is 68.5 Å². The van der Waals surface area contributed by atoms with Gasteiger partial charge in [-0.1, -0.05) is 45.4 Å². The van der Waals surface area contributed by atoms with Gasteiger partial charge >= 0.3 is 0 Å². The molecule has 2 aromatic carbocycles. The molecule has 3 N–H and O–H groups in total. The van der Waals surface area contributed by atoms with Crippen LogP contribution in [0.25, 0.3) is 0 Å². The number of nitrogens with two attached hydrogens (primary N) is 1. The zero-order valence-electron chi connectivity index (χ0n) is 25.5. The highest BCUT2D eigenvalue weighted by Gasteiger charge is 2.35. The molecular formula is C32H42FN5O4. The normalized spacial score (nSPS) is 11.7. The fourth-order valence-electron chi connectivity index (χ4n) is 4.62. The van der Waals surface area contributed by atoms with Crippen LogP contribution in [0.4, 0.5) is 27.3 Å². The molecule has 0 spiro atoms. The number of nitrogens with zero attached hydrogens (tertiary/aromatic N) is 3. The first kappa shape index (κ1) is 33.7. The topological polar surface area (TPSA) is 118 Å². The molecule has 0 saturated heterocycles. The van der Waals surface area contributed by atoms with Gasteiger partial charge in [-0.3, -0.25) is 28.6 Å². The van der Waals surface area contributed by atoms with Gasteiger partial charge in [0.2, 0.25) is 12.8 Å². The maximum Gasteiger partial charge on any atom is 0.259 e. The number of hydrogen-bond donors (Lipinski definition) is 2. The van der Waals surface area contributed by atoms with Crippen molar-refractivity contribution in [2.24, 2.45) is 12.8 Å². The third-order valence-corrected chi connectivity index (χ3v) is 6.87. The Bertz CT molecular complexity index is 1470. The molecule has 10 heteroatoms. The molecule has 1 aliphatic carbocycles. The van der Waals surface area contributed by atoms with Crippen LogP contribution < -0.4 is 21.5 Å². The zero-order chi connectivity index (χ0) is 31.6. The van der Waals surface area contributed by atoms with Crippen LogP contribution in [0, 0.1) is 19.7 Å². The first-order valence-corrected chi connectivity index (χ1v) is 14.1. The van der Waals surface area contributed by atoms with Crippen LogP contribution in [-0.2, 0) is 23.1 Å². The summed E-state index contributed by atoms with van der Waals surface area (Å²) in [4.78, 5) is 51.5. The van der Waals surface area contributed by atoms with Gasteiger partial charge in [-0.15, -0.1) is 0 Å². The number of benzene rings is 2. The van der Waals surface area contributed by atoms with E-state index in [0.29, 0.717) is 12.1 Å². The minimum Gasteiger partial charge on any atom is -0.372 e. The van der Waals surface area contributed by atoms with Crippen molar-refractivity contribution in [2.75, 3.05) is 17.3 Å². The van der Waals surface area contributed by atoms with Gasteiger partial charge in [-0.2, -0.15) is 0 Å². The molecule has 1 aromatic heterocycles. The molecular weight excluding hydrogens is 537 g/mol. The number of anilines is 4. The summed E-state index contributed by atoms with van der Waals surface area (Å²) in [7, 11) is 3.25. The lowest BCUT2D eigenvalue weighted by Gasteiger charge is -2.28. The molecule has 1 aliphatic rings. The highest BCUT2D eigenvalue weighted by atomic mass is 19.1. The predicted molar refractivity (Wildman–Crippen MR) is 166 cm³/mol. The zero-order valence-corrected chi connectivity index (χ0v) is 25.5. The van der Waals surface area contributed by atoms with E-state index in [9.17, 15) is 18.8 Å². The van der Waals surface area contributed by atoms with E-state index < -0.39 is 11.4 Å². The Morgan fingerprint density at radius 2 is 1.79 bits per heavy atom. The standard InChI is InChI=1S/C29H33FN4O3.C2H6.CH3NO/c1-6-8-20-9-7-10-22(16-20)34(17-35)26-19(3)28(36)33(5)27(25(26)29(37)32(4)21-12-13-21)31-24-14-11-18(2)15-23(24)30;1-2;2-1-3/h7,9-11,14-17,21,31H,6,8,12-13H2,1-5H3;1-2H3;1H,(H2,2,3). The van der Waals surface area contributed by atoms with Crippen LogP contribution in [0.15, 0.2) is 47.3 Å². The van der Waals surface area contributed by atoms with E-state index in [-0.39, 0.29) is 46.7 Å². The van der Waals surface area contributed by atoms with Crippen molar-refractivity contribution in [3.63, 3.8) is 0 Å². The first-order valence-electron chi connectivity index (χ1n) is 14.1. The average molecular weight is 580 g/mol. The number of amides is 3. The summed E-state index contributed by atoms with van der Waals surface area (Å²) >= 11 is 0. The summed E-state index contributed by atoms with van der Waals surface area (Å²) in [5.41, 5.74) is 6.81. The quantitative estimate of drug-likeness (QED) is 0.325. The van der Waals surface area contributed by atoms with Crippen LogP contribution in [0.5, 0.6) is 0 Å². The van der Waals surface area contributed by atoms with Crippen molar-refractivity contribution in [1.82, 2.24) is 9.47 Å². The Morgan fingerprint density at radius 3 is 2.33 bits per heavy atom. The number of aryl methyl sites for hydroxylation is 2. The van der Waals surface area contributed by atoms with Crippen LogP contribution in [0.1, 0.15) is 67.1 Å². The molecule has 42 heavy (non-hydrogen) atoms. The molecule has 226 valence electrons. The number of hydrogen-bond acceptors (Lipinski definition) is 5. The molecule has 0 radical (unpaired) electrons. The largest absolute Gasteiger partial charge is 0.372 e. The third-order valence-electron chi connectivity index (χ3n) is 6.87. The fourth-order valence-corrected chi connectivity index (χ4v) is 4.62. The summed E-state index contributed by atoms with van der Waals surface area (Å²) in [5.74, 6) is -0.728. The summed E-state index contributed by atoms with van der Waals surface area (Å²) < 4.78 is 16.2. The SMILES string of the molecule is CC.CCCc1cccc(N(C=O)c2c(C(=O)N(C)C3CC3)c(Nc3ccc(C)cc3F)n(C)c(=O)c2C)c1.NC=O. The molecule has 1 saturated carbocycles. The van der Waals surface area contributed by atoms with E-state index in [1.165, 1.54) is 22.6 Å². The number of aromatic nitrogens is 1. The third kappa shape index (κ3) is 7.63. The molecule has 1 heterocycles. The molecule has 1 fully saturated rings. The second kappa shape index (κ2) is 15.5. The van der Waals surface area contributed by atoms with Crippen molar-refractivity contribution in [3.8, 4) is 0 Å². The average Bonchev–Trinajstić information content (AvgIpc) is 3.83. The number of halogens is 1. The van der Waals surface area contributed by atoms with Crippen molar-refractivity contribution < 1.29 is 18.8 Å². The molecule has 3 amide bonds. The van der Waals surface area contributed by atoms with E-state index in [0.717, 1.165) is 36.8 Å². The van der Waals surface area contributed by atoms with E-state index in [2.05, 4.69) is 18.0 Å². The number of carbonyl (C=O) groups excluding carboxylic acids is 3. The summed E-state index contributed by atoms with van der Waals surface area (Å²) in [6.45, 7) is 9.46. The number of primary amides is 1. The highest BCUT2D eigenvalue weighted by molar-refractivity contribution is 6.09. The van der Waals surface area contributed by atoms with Gasteiger partial charge in [0.05, 0.1) is 11.4 Å². The number of rotatable bonds is 9. The predicted octanol–water partition coefficient (Wildman–Crippen LogP) is 5.49. The minimum absolute atomic E-state index is 0.0828. The van der Waals surface area contributed by atoms with Gasteiger partial charge in [0, 0.05) is 31.4 Å².